The summed E-state index contributed by atoms with van der Waals surface area (Å²) < 4.78 is 11.2. The number of nitrogens with one attached hydrogen (secondary N) is 2. The third kappa shape index (κ3) is 4.96. The summed E-state index contributed by atoms with van der Waals surface area (Å²) >= 11 is 0. The smallest absolute Gasteiger partial charge is 0.336 e. The lowest BCUT2D eigenvalue weighted by atomic mass is 10.0. The van der Waals surface area contributed by atoms with Gasteiger partial charge in [-0.3, -0.25) is 4.79 Å². The van der Waals surface area contributed by atoms with E-state index in [9.17, 15) is 19.5 Å². The minimum absolute atomic E-state index is 0.129. The number of hydrogen-bond acceptors (Lipinski definition) is 5. The first-order valence-corrected chi connectivity index (χ1v) is 11.1. The van der Waals surface area contributed by atoms with Gasteiger partial charge >= 0.3 is 11.6 Å². The summed E-state index contributed by atoms with van der Waals surface area (Å²) in [5, 5.41) is 13.8. The molecule has 2 aromatic heterocycles. The number of carboxylic acid groups (broad SMARTS) is 1. The molecule has 8 nitrogen and oxygen atoms in total. The van der Waals surface area contributed by atoms with Crippen molar-refractivity contribution >= 4 is 33.7 Å². The Hall–Kier alpha value is -4.07. The van der Waals surface area contributed by atoms with Crippen molar-refractivity contribution in [2.75, 3.05) is 6.61 Å². The number of aromatic amines is 1. The second kappa shape index (κ2) is 9.82. The van der Waals surface area contributed by atoms with E-state index in [4.69, 9.17) is 9.15 Å². The zero-order chi connectivity index (χ0) is 24.2. The van der Waals surface area contributed by atoms with Gasteiger partial charge in [0.05, 0.1) is 5.39 Å². The van der Waals surface area contributed by atoms with E-state index >= 15 is 0 Å². The van der Waals surface area contributed by atoms with Gasteiger partial charge in [0.1, 0.15) is 17.4 Å². The van der Waals surface area contributed by atoms with Crippen LogP contribution in [-0.2, 0) is 22.4 Å². The largest absolute Gasteiger partial charge is 0.483 e. The molecule has 0 aliphatic heterocycles. The lowest BCUT2D eigenvalue weighted by Crippen LogP contribution is -2.44. The molecule has 4 rings (SSSR count). The molecule has 0 bridgehead atoms. The van der Waals surface area contributed by atoms with Gasteiger partial charge in [-0.25, -0.2) is 9.59 Å². The molecule has 3 N–H and O–H groups in total. The first-order valence-electron chi connectivity index (χ1n) is 11.1. The molecule has 176 valence electrons. The molecule has 34 heavy (non-hydrogen) atoms. The van der Waals surface area contributed by atoms with Gasteiger partial charge < -0.3 is 24.6 Å². The summed E-state index contributed by atoms with van der Waals surface area (Å²) in [6.45, 7) is 3.46. The van der Waals surface area contributed by atoms with E-state index in [1.165, 1.54) is 6.07 Å². The van der Waals surface area contributed by atoms with E-state index in [-0.39, 0.29) is 13.0 Å². The minimum atomic E-state index is -1.13. The Balaban J connectivity index is 1.51. The van der Waals surface area contributed by atoms with Crippen LogP contribution >= 0.6 is 0 Å². The molecule has 2 heterocycles. The van der Waals surface area contributed by atoms with Crippen LogP contribution in [0, 0.1) is 6.92 Å². The van der Waals surface area contributed by atoms with Crippen molar-refractivity contribution in [3.63, 3.8) is 0 Å². The lowest BCUT2D eigenvalue weighted by Gasteiger charge is -2.16. The van der Waals surface area contributed by atoms with Crippen LogP contribution in [0.3, 0.4) is 0 Å². The van der Waals surface area contributed by atoms with Crippen LogP contribution in [0.15, 0.2) is 57.9 Å². The summed E-state index contributed by atoms with van der Waals surface area (Å²) in [7, 11) is 0. The van der Waals surface area contributed by atoms with Crippen LogP contribution in [0.2, 0.25) is 0 Å². The van der Waals surface area contributed by atoms with E-state index < -0.39 is 23.5 Å². The van der Waals surface area contributed by atoms with Gasteiger partial charge in [-0.15, -0.1) is 0 Å². The highest BCUT2D eigenvalue weighted by Gasteiger charge is 2.22. The number of carbonyl (C=O) groups is 2. The molecule has 4 aromatic rings. The third-order valence-corrected chi connectivity index (χ3v) is 5.64. The molecule has 2 aromatic carbocycles. The molecule has 0 radical (unpaired) electrons. The summed E-state index contributed by atoms with van der Waals surface area (Å²) in [5.74, 6) is -1.27. The van der Waals surface area contributed by atoms with E-state index in [0.717, 1.165) is 34.0 Å². The average molecular weight is 463 g/mol. The highest BCUT2D eigenvalue weighted by molar-refractivity contribution is 5.89. The number of carboxylic acids is 1. The summed E-state index contributed by atoms with van der Waals surface area (Å²) in [5.41, 5.74) is 3.25. The van der Waals surface area contributed by atoms with Gasteiger partial charge in [0.2, 0.25) is 0 Å². The molecule has 0 fully saturated rings. The zero-order valence-electron chi connectivity index (χ0n) is 19.0. The molecular weight excluding hydrogens is 436 g/mol. The van der Waals surface area contributed by atoms with Crippen molar-refractivity contribution in [1.82, 2.24) is 10.3 Å². The summed E-state index contributed by atoms with van der Waals surface area (Å²) in [6, 6.07) is 11.4. The average Bonchev–Trinajstić information content (AvgIpc) is 3.19. The topological polar surface area (TPSA) is 122 Å². The van der Waals surface area contributed by atoms with Crippen LogP contribution in [0.25, 0.3) is 21.9 Å². The highest BCUT2D eigenvalue weighted by Crippen LogP contribution is 2.30. The molecule has 0 spiro atoms. The van der Waals surface area contributed by atoms with E-state index in [1.54, 1.807) is 18.3 Å². The Morgan fingerprint density at radius 3 is 2.74 bits per heavy atom. The monoisotopic (exact) mass is 462 g/mol. The summed E-state index contributed by atoms with van der Waals surface area (Å²) in [4.78, 5) is 39.5. The number of rotatable bonds is 9. The molecule has 0 saturated heterocycles. The second-order valence-corrected chi connectivity index (χ2v) is 8.29. The number of aliphatic carboxylic acids is 1. The van der Waals surface area contributed by atoms with Crippen LogP contribution in [0.1, 0.15) is 30.0 Å². The van der Waals surface area contributed by atoms with Crippen molar-refractivity contribution in [3.05, 3.63) is 75.8 Å². The van der Waals surface area contributed by atoms with Gasteiger partial charge in [-0.2, -0.15) is 0 Å². The van der Waals surface area contributed by atoms with Crippen LogP contribution in [0.5, 0.6) is 5.75 Å². The highest BCUT2D eigenvalue weighted by atomic mass is 16.5. The number of fused-ring (bicyclic) bond motifs is 2. The quantitative estimate of drug-likeness (QED) is 0.326. The van der Waals surface area contributed by atoms with Crippen LogP contribution in [-0.4, -0.2) is 34.6 Å². The number of hydrogen-bond donors (Lipinski definition) is 3. The van der Waals surface area contributed by atoms with E-state index in [2.05, 4.69) is 10.3 Å². The molecular formula is C26H26N2O6. The Labute approximate surface area is 195 Å². The van der Waals surface area contributed by atoms with Crippen molar-refractivity contribution < 1.29 is 23.8 Å². The van der Waals surface area contributed by atoms with Crippen molar-refractivity contribution in [3.8, 4) is 5.75 Å². The minimum Gasteiger partial charge on any atom is -0.483 e. The fourth-order valence-electron chi connectivity index (χ4n) is 4.15. The standard InChI is InChI=1S/C26H26N2O6/c1-3-6-16-12-24(30)34-22-10-15(2)9-21(25(16)22)33-14-23(29)28-20(26(31)32)11-17-13-27-19-8-5-4-7-18(17)19/h4-5,7-10,12-13,20,27H,3,6,11,14H2,1-2H3,(H,28,29)(H,31,32). The zero-order valence-corrected chi connectivity index (χ0v) is 19.0. The number of ether oxygens (including phenoxy) is 1. The van der Waals surface area contributed by atoms with Gasteiger partial charge in [0.25, 0.3) is 5.91 Å². The molecule has 1 unspecified atom stereocenters. The molecule has 1 amide bonds. The number of carbonyl (C=O) groups excluding carboxylic acids is 1. The second-order valence-electron chi connectivity index (χ2n) is 8.29. The normalized spacial score (nSPS) is 12.1. The fraction of sp³-hybridized carbons (Fsp3) is 0.269. The van der Waals surface area contributed by atoms with Crippen LogP contribution < -0.4 is 15.7 Å². The maximum absolute atomic E-state index is 12.6. The Morgan fingerprint density at radius 1 is 1.18 bits per heavy atom. The molecule has 8 heteroatoms. The number of benzene rings is 2. The van der Waals surface area contributed by atoms with E-state index in [0.29, 0.717) is 23.1 Å². The number of aromatic nitrogens is 1. The summed E-state index contributed by atoms with van der Waals surface area (Å²) in [6.07, 6.45) is 3.36. The Kier molecular flexibility index (Phi) is 6.67. The Bertz CT molecular complexity index is 1420. The lowest BCUT2D eigenvalue weighted by molar-refractivity contribution is -0.142. The molecule has 0 saturated carbocycles. The van der Waals surface area contributed by atoms with Gasteiger partial charge in [-0.05, 0) is 48.2 Å². The first-order chi connectivity index (χ1) is 16.4. The predicted octanol–water partition coefficient (Wildman–Crippen LogP) is 3.73. The fourth-order valence-corrected chi connectivity index (χ4v) is 4.15. The van der Waals surface area contributed by atoms with Crippen molar-refractivity contribution in [2.45, 2.75) is 39.2 Å². The predicted molar refractivity (Wildman–Crippen MR) is 128 cm³/mol. The number of H-pyrrole nitrogens is 1. The Morgan fingerprint density at radius 2 is 1.97 bits per heavy atom. The van der Waals surface area contributed by atoms with Crippen molar-refractivity contribution in [2.24, 2.45) is 0 Å². The van der Waals surface area contributed by atoms with Gasteiger partial charge in [0.15, 0.2) is 6.61 Å². The maximum atomic E-state index is 12.6. The molecule has 0 aliphatic rings. The molecule has 0 aliphatic carbocycles. The van der Waals surface area contributed by atoms with Crippen molar-refractivity contribution in [1.29, 1.82) is 0 Å². The van der Waals surface area contributed by atoms with Gasteiger partial charge in [0, 0.05) is 29.6 Å². The van der Waals surface area contributed by atoms with Crippen LogP contribution in [0.4, 0.5) is 0 Å². The third-order valence-electron chi connectivity index (χ3n) is 5.64. The SMILES string of the molecule is CCCc1cc(=O)oc2cc(C)cc(OCC(=O)NC(Cc3c[nH]c4ccccc34)C(=O)O)c12. The van der Waals surface area contributed by atoms with Gasteiger partial charge in [-0.1, -0.05) is 31.5 Å². The van der Waals surface area contributed by atoms with E-state index in [1.807, 2.05) is 38.1 Å². The molecule has 1 atom stereocenters. The number of aryl methyl sites for hydroxylation is 2. The first kappa shape index (κ1) is 23.1. The maximum Gasteiger partial charge on any atom is 0.336 e. The number of amides is 1. The number of para-hydroxylation sites is 1.